The van der Waals surface area contributed by atoms with Gasteiger partial charge in [0.1, 0.15) is 0 Å². The Morgan fingerprint density at radius 1 is 1.00 bits per heavy atom. The summed E-state index contributed by atoms with van der Waals surface area (Å²) in [6.07, 6.45) is 0.674. The molecule has 1 N–H and O–H groups in total. The van der Waals surface area contributed by atoms with Crippen LogP contribution in [0.3, 0.4) is 0 Å². The van der Waals surface area contributed by atoms with Crippen molar-refractivity contribution in [3.05, 3.63) is 47.7 Å². The van der Waals surface area contributed by atoms with Gasteiger partial charge in [0.05, 0.1) is 18.6 Å². The van der Waals surface area contributed by atoms with Gasteiger partial charge in [0.25, 0.3) is 0 Å². The molecule has 130 valence electrons. The molecule has 3 rings (SSSR count). The van der Waals surface area contributed by atoms with E-state index in [0.717, 1.165) is 26.2 Å². The summed E-state index contributed by atoms with van der Waals surface area (Å²) in [5, 5.41) is 18.2. The maximum absolute atomic E-state index is 9.91. The van der Waals surface area contributed by atoms with E-state index >= 15 is 0 Å². The zero-order valence-electron chi connectivity index (χ0n) is 14.5. The van der Waals surface area contributed by atoms with Gasteiger partial charge >= 0.3 is 0 Å². The van der Waals surface area contributed by atoms with Gasteiger partial charge in [-0.1, -0.05) is 30.3 Å². The molecule has 1 aliphatic rings. The predicted octanol–water partition coefficient (Wildman–Crippen LogP) is 1.55. The van der Waals surface area contributed by atoms with E-state index in [9.17, 15) is 5.11 Å². The highest BCUT2D eigenvalue weighted by Gasteiger charge is 2.23. The zero-order chi connectivity index (χ0) is 17.0. The van der Waals surface area contributed by atoms with Crippen LogP contribution in [0.1, 0.15) is 31.2 Å². The Morgan fingerprint density at radius 3 is 2.29 bits per heavy atom. The largest absolute Gasteiger partial charge is 0.424 e. The highest BCUT2D eigenvalue weighted by molar-refractivity contribution is 5.17. The monoisotopic (exact) mass is 330 g/mol. The lowest BCUT2D eigenvalue weighted by molar-refractivity contribution is 0.0155. The van der Waals surface area contributed by atoms with Crippen LogP contribution in [-0.4, -0.2) is 63.4 Å². The number of rotatable bonds is 6. The highest BCUT2D eigenvalue weighted by atomic mass is 16.4. The number of aliphatic hydroxyl groups is 1. The molecular weight excluding hydrogens is 304 g/mol. The van der Waals surface area contributed by atoms with Crippen LogP contribution in [0.4, 0.5) is 0 Å². The van der Waals surface area contributed by atoms with E-state index in [2.05, 4.69) is 32.1 Å². The van der Waals surface area contributed by atoms with Gasteiger partial charge in [0.15, 0.2) is 0 Å². The van der Waals surface area contributed by atoms with Crippen molar-refractivity contribution in [2.45, 2.75) is 32.4 Å². The van der Waals surface area contributed by atoms with Gasteiger partial charge in [0, 0.05) is 32.7 Å². The minimum Gasteiger partial charge on any atom is -0.424 e. The summed E-state index contributed by atoms with van der Waals surface area (Å²) in [4.78, 5) is 4.62. The van der Waals surface area contributed by atoms with Crippen LogP contribution in [0.25, 0.3) is 0 Å². The molecule has 6 heteroatoms. The van der Waals surface area contributed by atoms with E-state index in [-0.39, 0.29) is 0 Å². The van der Waals surface area contributed by atoms with E-state index in [1.165, 1.54) is 5.56 Å². The molecule has 2 aromatic rings. The fourth-order valence-corrected chi connectivity index (χ4v) is 3.04. The second-order valence-electron chi connectivity index (χ2n) is 7.12. The summed E-state index contributed by atoms with van der Waals surface area (Å²) < 4.78 is 5.78. The van der Waals surface area contributed by atoms with Gasteiger partial charge < -0.3 is 9.52 Å². The van der Waals surface area contributed by atoms with Crippen molar-refractivity contribution in [1.82, 2.24) is 20.0 Å². The van der Waals surface area contributed by atoms with E-state index < -0.39 is 5.60 Å². The average molecular weight is 330 g/mol. The molecule has 1 saturated heterocycles. The van der Waals surface area contributed by atoms with Gasteiger partial charge in [-0.3, -0.25) is 9.80 Å². The van der Waals surface area contributed by atoms with E-state index in [0.29, 0.717) is 31.3 Å². The molecule has 1 aromatic heterocycles. The number of aromatic nitrogens is 2. The highest BCUT2D eigenvalue weighted by Crippen LogP contribution is 2.13. The Labute approximate surface area is 143 Å². The molecule has 0 spiro atoms. The number of benzene rings is 1. The van der Waals surface area contributed by atoms with Gasteiger partial charge in [-0.2, -0.15) is 0 Å². The predicted molar refractivity (Wildman–Crippen MR) is 91.6 cm³/mol. The maximum atomic E-state index is 9.91. The molecule has 0 unspecified atom stereocenters. The van der Waals surface area contributed by atoms with Crippen LogP contribution >= 0.6 is 0 Å². The topological polar surface area (TPSA) is 65.6 Å². The molecule has 1 aromatic carbocycles. The third kappa shape index (κ3) is 5.12. The second kappa shape index (κ2) is 7.42. The van der Waals surface area contributed by atoms with Crippen molar-refractivity contribution in [3.8, 4) is 0 Å². The minimum absolute atomic E-state index is 0.638. The van der Waals surface area contributed by atoms with Crippen molar-refractivity contribution in [2.24, 2.45) is 0 Å². The van der Waals surface area contributed by atoms with Crippen molar-refractivity contribution in [1.29, 1.82) is 0 Å². The van der Waals surface area contributed by atoms with Crippen molar-refractivity contribution < 1.29 is 9.52 Å². The van der Waals surface area contributed by atoms with E-state index in [1.807, 2.05) is 32.0 Å². The smallest absolute Gasteiger partial charge is 0.230 e. The molecule has 1 aliphatic heterocycles. The summed E-state index contributed by atoms with van der Waals surface area (Å²) in [5.41, 5.74) is 0.536. The Kier molecular flexibility index (Phi) is 5.28. The van der Waals surface area contributed by atoms with Crippen LogP contribution in [0, 0.1) is 0 Å². The number of piperazine rings is 1. The summed E-state index contributed by atoms with van der Waals surface area (Å²) in [7, 11) is 0. The van der Waals surface area contributed by atoms with Crippen LogP contribution < -0.4 is 0 Å². The summed E-state index contributed by atoms with van der Waals surface area (Å²) in [6, 6.07) is 10.2. The summed E-state index contributed by atoms with van der Waals surface area (Å²) in [6.45, 7) is 8.92. The lowest BCUT2D eigenvalue weighted by Crippen LogP contribution is -2.50. The number of hydrogen-bond donors (Lipinski definition) is 1. The van der Waals surface area contributed by atoms with E-state index in [4.69, 9.17) is 4.42 Å². The molecule has 2 heterocycles. The van der Waals surface area contributed by atoms with Crippen LogP contribution in [-0.2, 0) is 13.0 Å². The van der Waals surface area contributed by atoms with Gasteiger partial charge in [0.2, 0.25) is 11.8 Å². The van der Waals surface area contributed by atoms with Crippen molar-refractivity contribution in [3.63, 3.8) is 0 Å². The van der Waals surface area contributed by atoms with Crippen LogP contribution in [0.2, 0.25) is 0 Å². The zero-order valence-corrected chi connectivity index (χ0v) is 14.5. The molecule has 0 amide bonds. The Morgan fingerprint density at radius 2 is 1.62 bits per heavy atom. The molecule has 0 aliphatic carbocycles. The third-order valence-corrected chi connectivity index (χ3v) is 4.14. The van der Waals surface area contributed by atoms with Crippen molar-refractivity contribution in [2.75, 3.05) is 32.7 Å². The standard InChI is InChI=1S/C18H26N4O2/c1-18(2,23)14-22-10-8-21(9-11-22)13-17-20-19-16(24-17)12-15-6-4-3-5-7-15/h3-7,23H,8-14H2,1-2H3. The third-order valence-electron chi connectivity index (χ3n) is 4.14. The average Bonchev–Trinajstić information content (AvgIpc) is 2.96. The number of β-amino-alcohol motifs (C(OH)–C–C–N with tert-alkyl or cyclic N) is 1. The quantitative estimate of drug-likeness (QED) is 0.867. The fraction of sp³-hybridized carbons (Fsp3) is 0.556. The molecule has 1 fully saturated rings. The molecular formula is C18H26N4O2. The summed E-state index contributed by atoms with van der Waals surface area (Å²) in [5.74, 6) is 1.34. The molecule has 0 bridgehead atoms. The first-order chi connectivity index (χ1) is 11.5. The lowest BCUT2D eigenvalue weighted by atomic mass is 10.1. The Hall–Kier alpha value is -1.76. The van der Waals surface area contributed by atoms with Crippen LogP contribution in [0.15, 0.2) is 34.7 Å². The Bertz CT molecular complexity index is 628. The first-order valence-electron chi connectivity index (χ1n) is 8.50. The molecule has 0 saturated carbocycles. The van der Waals surface area contributed by atoms with Crippen LogP contribution in [0.5, 0.6) is 0 Å². The minimum atomic E-state index is -0.638. The van der Waals surface area contributed by atoms with E-state index in [1.54, 1.807) is 0 Å². The Balaban J connectivity index is 1.48. The van der Waals surface area contributed by atoms with Crippen molar-refractivity contribution >= 4 is 0 Å². The lowest BCUT2D eigenvalue weighted by Gasteiger charge is -2.36. The molecule has 0 atom stereocenters. The second-order valence-corrected chi connectivity index (χ2v) is 7.12. The first kappa shape index (κ1) is 17.1. The maximum Gasteiger partial charge on any atom is 0.230 e. The molecule has 0 radical (unpaired) electrons. The normalized spacial score (nSPS) is 17.3. The van der Waals surface area contributed by atoms with Gasteiger partial charge in [-0.05, 0) is 19.4 Å². The SMILES string of the molecule is CC(C)(O)CN1CCN(Cc2nnc(Cc3ccccc3)o2)CC1. The van der Waals surface area contributed by atoms with Gasteiger partial charge in [-0.25, -0.2) is 0 Å². The number of hydrogen-bond acceptors (Lipinski definition) is 6. The molecule has 6 nitrogen and oxygen atoms in total. The number of nitrogens with zero attached hydrogens (tertiary/aromatic N) is 4. The fourth-order valence-electron chi connectivity index (χ4n) is 3.04. The molecule has 24 heavy (non-hydrogen) atoms. The first-order valence-corrected chi connectivity index (χ1v) is 8.50. The van der Waals surface area contributed by atoms with Gasteiger partial charge in [-0.15, -0.1) is 10.2 Å². The summed E-state index contributed by atoms with van der Waals surface area (Å²) >= 11 is 0.